The van der Waals surface area contributed by atoms with Crippen LogP contribution >= 0.6 is 11.8 Å². The van der Waals surface area contributed by atoms with Crippen LogP contribution in [0.2, 0.25) is 0 Å². The van der Waals surface area contributed by atoms with E-state index in [-0.39, 0.29) is 11.3 Å². The molecule has 1 amide bonds. The van der Waals surface area contributed by atoms with E-state index in [1.54, 1.807) is 45.2 Å². The number of aromatic nitrogens is 1. The molecule has 6 nitrogen and oxygen atoms in total. The van der Waals surface area contributed by atoms with Crippen LogP contribution in [0.3, 0.4) is 0 Å². The van der Waals surface area contributed by atoms with Crippen molar-refractivity contribution in [1.82, 2.24) is 9.88 Å². The number of fused-ring (bicyclic) bond motifs is 1. The van der Waals surface area contributed by atoms with Gasteiger partial charge in [-0.3, -0.25) is 4.79 Å². The first kappa shape index (κ1) is 19.4. The molecule has 1 aromatic heterocycles. The van der Waals surface area contributed by atoms with E-state index in [1.807, 2.05) is 41.3 Å². The van der Waals surface area contributed by atoms with Gasteiger partial charge in [0.25, 0.3) is 5.91 Å². The number of benzene rings is 2. The predicted octanol–water partition coefficient (Wildman–Crippen LogP) is 4.15. The Hall–Kier alpha value is -2.93. The first-order valence-electron chi connectivity index (χ1n) is 9.24. The van der Waals surface area contributed by atoms with Gasteiger partial charge in [-0.05, 0) is 18.2 Å². The lowest BCUT2D eigenvalue weighted by Gasteiger charge is -2.26. The van der Waals surface area contributed by atoms with E-state index in [9.17, 15) is 4.79 Å². The minimum absolute atomic E-state index is 0.0948. The molecule has 150 valence electrons. The van der Waals surface area contributed by atoms with Crippen LogP contribution in [0.1, 0.15) is 21.4 Å². The fraction of sp³-hybridized carbons (Fsp3) is 0.273. The first-order valence-corrected chi connectivity index (χ1v) is 10.3. The number of nitrogens with zero attached hydrogens (tertiary/aromatic N) is 2. The van der Waals surface area contributed by atoms with Crippen LogP contribution in [-0.4, -0.2) is 49.4 Å². The standard InChI is InChI=1S/C22H22N2O4S/c1-26-18-13-20(28-3)19(27-2)12-15(18)22-24(10-11-29-22)21(25)17-9-8-14-6-4-5-7-16(14)23-17/h4-9,12-13,22H,10-11H2,1-3H3. The summed E-state index contributed by atoms with van der Waals surface area (Å²) >= 11 is 1.69. The number of pyridine rings is 1. The Morgan fingerprint density at radius 2 is 1.72 bits per heavy atom. The molecule has 2 aromatic carbocycles. The van der Waals surface area contributed by atoms with Crippen LogP contribution in [0.5, 0.6) is 17.2 Å². The van der Waals surface area contributed by atoms with Gasteiger partial charge in [-0.25, -0.2) is 4.98 Å². The molecule has 0 spiro atoms. The predicted molar refractivity (Wildman–Crippen MR) is 114 cm³/mol. The number of carbonyl (C=O) groups excluding carboxylic acids is 1. The Morgan fingerprint density at radius 1 is 1.00 bits per heavy atom. The molecule has 1 atom stereocenters. The fourth-order valence-corrected chi connectivity index (χ4v) is 4.78. The third-order valence-corrected chi connectivity index (χ3v) is 6.21. The highest BCUT2D eigenvalue weighted by Gasteiger charge is 2.34. The number of methoxy groups -OCH3 is 3. The SMILES string of the molecule is COc1cc(OC)c(C2SCCN2C(=O)c2ccc3ccccc3n2)cc1OC. The van der Waals surface area contributed by atoms with Gasteiger partial charge >= 0.3 is 0 Å². The molecular formula is C22H22N2O4S. The van der Waals surface area contributed by atoms with Crippen LogP contribution in [-0.2, 0) is 0 Å². The Labute approximate surface area is 173 Å². The molecule has 1 unspecified atom stereocenters. The Balaban J connectivity index is 1.70. The number of thioether (sulfide) groups is 1. The van der Waals surface area contributed by atoms with Crippen LogP contribution < -0.4 is 14.2 Å². The lowest BCUT2D eigenvalue weighted by molar-refractivity contribution is 0.0753. The average molecular weight is 410 g/mol. The molecule has 1 fully saturated rings. The summed E-state index contributed by atoms with van der Waals surface area (Å²) in [6.45, 7) is 0.639. The van der Waals surface area contributed by atoms with E-state index in [2.05, 4.69) is 4.98 Å². The molecule has 1 aliphatic heterocycles. The van der Waals surface area contributed by atoms with E-state index in [4.69, 9.17) is 14.2 Å². The molecule has 29 heavy (non-hydrogen) atoms. The third kappa shape index (κ3) is 3.58. The fourth-order valence-electron chi connectivity index (χ4n) is 3.51. The third-order valence-electron chi connectivity index (χ3n) is 4.97. The molecule has 0 saturated carbocycles. The minimum atomic E-state index is -0.189. The maximum atomic E-state index is 13.3. The van der Waals surface area contributed by atoms with Gasteiger partial charge < -0.3 is 19.1 Å². The first-order chi connectivity index (χ1) is 14.2. The maximum absolute atomic E-state index is 13.3. The smallest absolute Gasteiger partial charge is 0.273 e. The zero-order valence-corrected chi connectivity index (χ0v) is 17.4. The number of para-hydroxylation sites is 1. The summed E-state index contributed by atoms with van der Waals surface area (Å²) in [6.07, 6.45) is 0. The number of amides is 1. The van der Waals surface area contributed by atoms with Crippen molar-refractivity contribution in [3.63, 3.8) is 0 Å². The normalized spacial score (nSPS) is 16.1. The Bertz CT molecular complexity index is 1060. The van der Waals surface area contributed by atoms with Crippen molar-refractivity contribution in [2.75, 3.05) is 33.6 Å². The van der Waals surface area contributed by atoms with Gasteiger partial charge in [0.15, 0.2) is 11.5 Å². The van der Waals surface area contributed by atoms with E-state index in [1.165, 1.54) is 0 Å². The second kappa shape index (κ2) is 8.21. The molecule has 1 saturated heterocycles. The van der Waals surface area contributed by atoms with E-state index >= 15 is 0 Å². The summed E-state index contributed by atoms with van der Waals surface area (Å²) in [6, 6.07) is 15.2. The maximum Gasteiger partial charge on any atom is 0.273 e. The van der Waals surface area contributed by atoms with Gasteiger partial charge in [-0.15, -0.1) is 11.8 Å². The zero-order valence-electron chi connectivity index (χ0n) is 16.5. The van der Waals surface area contributed by atoms with Crippen molar-refractivity contribution in [1.29, 1.82) is 0 Å². The Morgan fingerprint density at radius 3 is 2.48 bits per heavy atom. The van der Waals surface area contributed by atoms with E-state index in [0.29, 0.717) is 29.5 Å². The number of carbonyl (C=O) groups is 1. The van der Waals surface area contributed by atoms with Gasteiger partial charge in [0.2, 0.25) is 0 Å². The van der Waals surface area contributed by atoms with Gasteiger partial charge in [0.1, 0.15) is 16.8 Å². The molecule has 2 heterocycles. The molecule has 3 aromatic rings. The van der Waals surface area contributed by atoms with Crippen molar-refractivity contribution in [3.8, 4) is 17.2 Å². The average Bonchev–Trinajstić information content (AvgIpc) is 3.26. The van der Waals surface area contributed by atoms with Crippen LogP contribution in [0.15, 0.2) is 48.5 Å². The highest BCUT2D eigenvalue weighted by atomic mass is 32.2. The molecular weight excluding hydrogens is 388 g/mol. The molecule has 4 rings (SSSR count). The Kier molecular flexibility index (Phi) is 5.49. The molecule has 0 bridgehead atoms. The zero-order chi connectivity index (χ0) is 20.4. The summed E-state index contributed by atoms with van der Waals surface area (Å²) in [5.74, 6) is 2.59. The van der Waals surface area contributed by atoms with E-state index in [0.717, 1.165) is 22.2 Å². The number of rotatable bonds is 5. The van der Waals surface area contributed by atoms with Crippen molar-refractivity contribution in [2.45, 2.75) is 5.37 Å². The van der Waals surface area contributed by atoms with Gasteiger partial charge in [-0.2, -0.15) is 0 Å². The highest BCUT2D eigenvalue weighted by Crippen LogP contribution is 2.46. The molecule has 0 radical (unpaired) electrons. The molecule has 1 aliphatic rings. The summed E-state index contributed by atoms with van der Waals surface area (Å²) in [5.41, 5.74) is 2.13. The van der Waals surface area contributed by atoms with Gasteiger partial charge in [-0.1, -0.05) is 24.3 Å². The van der Waals surface area contributed by atoms with Crippen molar-refractivity contribution < 1.29 is 19.0 Å². The summed E-state index contributed by atoms with van der Waals surface area (Å²) < 4.78 is 16.4. The molecule has 0 aliphatic carbocycles. The van der Waals surface area contributed by atoms with E-state index < -0.39 is 0 Å². The van der Waals surface area contributed by atoms with Crippen molar-refractivity contribution in [2.24, 2.45) is 0 Å². The van der Waals surface area contributed by atoms with Crippen LogP contribution in [0.4, 0.5) is 0 Å². The van der Waals surface area contributed by atoms with Crippen molar-refractivity contribution >= 4 is 28.6 Å². The van der Waals surface area contributed by atoms with Crippen molar-refractivity contribution in [3.05, 3.63) is 59.8 Å². The second-order valence-electron chi connectivity index (χ2n) is 6.56. The monoisotopic (exact) mass is 410 g/mol. The van der Waals surface area contributed by atoms with Gasteiger partial charge in [0, 0.05) is 29.3 Å². The number of ether oxygens (including phenoxy) is 3. The minimum Gasteiger partial charge on any atom is -0.496 e. The van der Waals surface area contributed by atoms with Crippen LogP contribution in [0.25, 0.3) is 10.9 Å². The molecule has 0 N–H and O–H groups in total. The quantitative estimate of drug-likeness (QED) is 0.630. The van der Waals surface area contributed by atoms with Crippen LogP contribution in [0, 0.1) is 0 Å². The highest BCUT2D eigenvalue weighted by molar-refractivity contribution is 7.99. The second-order valence-corrected chi connectivity index (χ2v) is 7.75. The lowest BCUT2D eigenvalue weighted by atomic mass is 10.1. The summed E-state index contributed by atoms with van der Waals surface area (Å²) in [4.78, 5) is 19.7. The topological polar surface area (TPSA) is 60.9 Å². The largest absolute Gasteiger partial charge is 0.496 e. The summed E-state index contributed by atoms with van der Waals surface area (Å²) in [7, 11) is 4.79. The summed E-state index contributed by atoms with van der Waals surface area (Å²) in [5, 5.41) is 0.823. The number of hydrogen-bond acceptors (Lipinski definition) is 6. The number of hydrogen-bond donors (Lipinski definition) is 0. The lowest BCUT2D eigenvalue weighted by Crippen LogP contribution is -2.31. The van der Waals surface area contributed by atoms with Gasteiger partial charge in [0.05, 0.1) is 26.8 Å². The molecule has 7 heteroatoms.